The van der Waals surface area contributed by atoms with Crippen LogP contribution in [0.2, 0.25) is 0 Å². The predicted molar refractivity (Wildman–Crippen MR) is 78.9 cm³/mol. The monoisotopic (exact) mass is 276 g/mol. The summed E-state index contributed by atoms with van der Waals surface area (Å²) < 4.78 is 0. The van der Waals surface area contributed by atoms with E-state index >= 15 is 0 Å². The Hall–Kier alpha value is -1.42. The summed E-state index contributed by atoms with van der Waals surface area (Å²) in [6, 6.07) is 6.59. The van der Waals surface area contributed by atoms with Crippen LogP contribution in [0.3, 0.4) is 0 Å². The molecular weight excluding hydrogens is 252 g/mol. The summed E-state index contributed by atoms with van der Waals surface area (Å²) in [7, 11) is 0. The number of aliphatic carboxylic acids is 1. The average molecular weight is 276 g/mol. The van der Waals surface area contributed by atoms with Gasteiger partial charge in [0.05, 0.1) is 6.42 Å². The molecule has 20 heavy (non-hydrogen) atoms. The van der Waals surface area contributed by atoms with Crippen molar-refractivity contribution in [2.45, 2.75) is 51.5 Å². The molecule has 0 bridgehead atoms. The van der Waals surface area contributed by atoms with Gasteiger partial charge in [0, 0.05) is 36.3 Å². The van der Waals surface area contributed by atoms with E-state index in [2.05, 4.69) is 29.8 Å². The van der Waals surface area contributed by atoms with Crippen molar-refractivity contribution in [2.75, 3.05) is 13.1 Å². The quantitative estimate of drug-likeness (QED) is 0.898. The van der Waals surface area contributed by atoms with Crippen molar-refractivity contribution in [1.29, 1.82) is 0 Å². The molecule has 0 spiro atoms. The van der Waals surface area contributed by atoms with Crippen molar-refractivity contribution in [1.82, 2.24) is 9.88 Å². The molecule has 2 heterocycles. The molecule has 1 aromatic heterocycles. The maximum atomic E-state index is 10.6. The molecule has 4 heteroatoms. The van der Waals surface area contributed by atoms with Gasteiger partial charge in [-0.25, -0.2) is 0 Å². The van der Waals surface area contributed by atoms with E-state index in [1.54, 1.807) is 0 Å². The lowest BCUT2D eigenvalue weighted by atomic mass is 9.93. The van der Waals surface area contributed by atoms with E-state index in [1.807, 2.05) is 12.1 Å². The molecule has 1 saturated heterocycles. The first kappa shape index (κ1) is 15.0. The molecule has 1 fully saturated rings. The van der Waals surface area contributed by atoms with Crippen molar-refractivity contribution in [3.8, 4) is 0 Å². The molecule has 1 N–H and O–H groups in total. The highest BCUT2D eigenvalue weighted by Gasteiger charge is 2.23. The topological polar surface area (TPSA) is 53.4 Å². The maximum Gasteiger partial charge on any atom is 0.303 e. The molecule has 1 aliphatic rings. The zero-order valence-electron chi connectivity index (χ0n) is 12.4. The largest absolute Gasteiger partial charge is 0.481 e. The number of carboxylic acids is 1. The van der Waals surface area contributed by atoms with Gasteiger partial charge in [-0.15, -0.1) is 0 Å². The standard InChI is InChI=1S/C16H24N2O2/c1-12(2)18-10-4-5-13(11-18)15-7-3-6-14(17-15)8-9-16(19)20/h3,6-7,12-13H,4-5,8-11H2,1-2H3,(H,19,20). The van der Waals surface area contributed by atoms with Crippen LogP contribution in [-0.4, -0.2) is 40.1 Å². The van der Waals surface area contributed by atoms with Crippen molar-refractivity contribution in [2.24, 2.45) is 0 Å². The lowest BCUT2D eigenvalue weighted by Crippen LogP contribution is -2.39. The Labute approximate surface area is 120 Å². The van der Waals surface area contributed by atoms with Crippen LogP contribution in [0.5, 0.6) is 0 Å². The number of nitrogens with zero attached hydrogens (tertiary/aromatic N) is 2. The fourth-order valence-corrected chi connectivity index (χ4v) is 2.82. The number of likely N-dealkylation sites (tertiary alicyclic amines) is 1. The number of hydrogen-bond donors (Lipinski definition) is 1. The summed E-state index contributed by atoms with van der Waals surface area (Å²) in [5.74, 6) is -0.281. The predicted octanol–water partition coefficient (Wildman–Crippen LogP) is 2.69. The van der Waals surface area contributed by atoms with E-state index in [0.29, 0.717) is 18.4 Å². The first-order valence-electron chi connectivity index (χ1n) is 7.48. The van der Waals surface area contributed by atoms with Gasteiger partial charge in [0.15, 0.2) is 0 Å². The first-order valence-corrected chi connectivity index (χ1v) is 7.48. The Balaban J connectivity index is 2.04. The van der Waals surface area contributed by atoms with Gasteiger partial charge < -0.3 is 10.0 Å². The minimum Gasteiger partial charge on any atom is -0.481 e. The molecule has 0 saturated carbocycles. The number of aryl methyl sites for hydroxylation is 1. The second-order valence-corrected chi connectivity index (χ2v) is 5.88. The molecule has 0 aromatic carbocycles. The Kier molecular flexibility index (Phi) is 5.12. The summed E-state index contributed by atoms with van der Waals surface area (Å²) >= 11 is 0. The normalized spacial score (nSPS) is 20.2. The third-order valence-corrected chi connectivity index (χ3v) is 4.02. The van der Waals surface area contributed by atoms with Crippen LogP contribution >= 0.6 is 0 Å². The van der Waals surface area contributed by atoms with Crippen molar-refractivity contribution < 1.29 is 9.90 Å². The molecule has 110 valence electrons. The number of aromatic nitrogens is 1. The van der Waals surface area contributed by atoms with Crippen LogP contribution in [0.15, 0.2) is 18.2 Å². The molecule has 4 nitrogen and oxygen atoms in total. The smallest absolute Gasteiger partial charge is 0.303 e. The number of piperidine rings is 1. The first-order chi connectivity index (χ1) is 9.56. The molecule has 0 radical (unpaired) electrons. The van der Waals surface area contributed by atoms with E-state index < -0.39 is 5.97 Å². The summed E-state index contributed by atoms with van der Waals surface area (Å²) in [4.78, 5) is 17.8. The zero-order chi connectivity index (χ0) is 14.5. The van der Waals surface area contributed by atoms with Gasteiger partial charge in [-0.1, -0.05) is 6.07 Å². The van der Waals surface area contributed by atoms with Gasteiger partial charge in [-0.3, -0.25) is 9.78 Å². The SMILES string of the molecule is CC(C)N1CCCC(c2cccc(CCC(=O)O)n2)C1. The number of hydrogen-bond acceptors (Lipinski definition) is 3. The minimum atomic E-state index is -0.763. The van der Waals surface area contributed by atoms with Crippen LogP contribution in [0.1, 0.15) is 50.4 Å². The molecule has 0 aliphatic carbocycles. The van der Waals surface area contributed by atoms with Gasteiger partial charge in [0.1, 0.15) is 0 Å². The van der Waals surface area contributed by atoms with Gasteiger partial charge in [0.2, 0.25) is 0 Å². The third kappa shape index (κ3) is 4.04. The molecule has 1 unspecified atom stereocenters. The average Bonchev–Trinajstić information content (AvgIpc) is 2.45. The second kappa shape index (κ2) is 6.84. The zero-order valence-corrected chi connectivity index (χ0v) is 12.4. The second-order valence-electron chi connectivity index (χ2n) is 5.88. The number of pyridine rings is 1. The molecule has 1 aromatic rings. The number of carbonyl (C=O) groups is 1. The van der Waals surface area contributed by atoms with Gasteiger partial charge in [-0.05, 0) is 45.4 Å². The van der Waals surface area contributed by atoms with E-state index in [9.17, 15) is 4.79 Å². The fraction of sp³-hybridized carbons (Fsp3) is 0.625. The highest BCUT2D eigenvalue weighted by molar-refractivity contribution is 5.66. The molecule has 1 aliphatic heterocycles. The van der Waals surface area contributed by atoms with Crippen LogP contribution in [0.25, 0.3) is 0 Å². The van der Waals surface area contributed by atoms with Gasteiger partial charge >= 0.3 is 5.97 Å². The lowest BCUT2D eigenvalue weighted by Gasteiger charge is -2.35. The number of rotatable bonds is 5. The summed E-state index contributed by atoms with van der Waals surface area (Å²) in [5, 5.41) is 8.75. The van der Waals surface area contributed by atoms with E-state index in [4.69, 9.17) is 5.11 Å². The molecular formula is C16H24N2O2. The van der Waals surface area contributed by atoms with E-state index in [0.717, 1.165) is 17.9 Å². The Morgan fingerprint density at radius 3 is 3.00 bits per heavy atom. The minimum absolute atomic E-state index is 0.152. The summed E-state index contributed by atoms with van der Waals surface area (Å²) in [6.07, 6.45) is 3.06. The molecule has 1 atom stereocenters. The van der Waals surface area contributed by atoms with Crippen LogP contribution in [0, 0.1) is 0 Å². The molecule has 0 amide bonds. The lowest BCUT2D eigenvalue weighted by molar-refractivity contribution is -0.136. The van der Waals surface area contributed by atoms with Crippen molar-refractivity contribution in [3.63, 3.8) is 0 Å². The van der Waals surface area contributed by atoms with Crippen LogP contribution in [-0.2, 0) is 11.2 Å². The maximum absolute atomic E-state index is 10.6. The fourth-order valence-electron chi connectivity index (χ4n) is 2.82. The van der Waals surface area contributed by atoms with E-state index in [1.165, 1.54) is 19.4 Å². The molecule has 2 rings (SSSR count). The summed E-state index contributed by atoms with van der Waals surface area (Å²) in [5.41, 5.74) is 2.02. The summed E-state index contributed by atoms with van der Waals surface area (Å²) in [6.45, 7) is 6.71. The van der Waals surface area contributed by atoms with Gasteiger partial charge in [-0.2, -0.15) is 0 Å². The van der Waals surface area contributed by atoms with Crippen LogP contribution in [0.4, 0.5) is 0 Å². The van der Waals surface area contributed by atoms with E-state index in [-0.39, 0.29) is 6.42 Å². The van der Waals surface area contributed by atoms with Crippen molar-refractivity contribution in [3.05, 3.63) is 29.6 Å². The Morgan fingerprint density at radius 1 is 1.50 bits per heavy atom. The Bertz CT molecular complexity index is 460. The van der Waals surface area contributed by atoms with Crippen molar-refractivity contribution >= 4 is 5.97 Å². The highest BCUT2D eigenvalue weighted by Crippen LogP contribution is 2.26. The third-order valence-electron chi connectivity index (χ3n) is 4.02. The Morgan fingerprint density at radius 2 is 2.30 bits per heavy atom. The van der Waals surface area contributed by atoms with Crippen LogP contribution < -0.4 is 0 Å². The van der Waals surface area contributed by atoms with Gasteiger partial charge in [0.25, 0.3) is 0 Å². The number of carboxylic acid groups (broad SMARTS) is 1. The highest BCUT2D eigenvalue weighted by atomic mass is 16.4.